The van der Waals surface area contributed by atoms with Crippen LogP contribution in [0.5, 0.6) is 0 Å². The summed E-state index contributed by atoms with van der Waals surface area (Å²) in [6, 6.07) is 15.5. The van der Waals surface area contributed by atoms with E-state index in [2.05, 4.69) is 12.1 Å². The zero-order valence-electron chi connectivity index (χ0n) is 9.47. The van der Waals surface area contributed by atoms with Crippen LogP contribution in [0.4, 0.5) is 0 Å². The molecule has 0 aliphatic carbocycles. The zero-order valence-corrected chi connectivity index (χ0v) is 11.0. The minimum absolute atomic E-state index is 0.0587. The Balaban J connectivity index is 2.11. The average molecular weight is 276 g/mol. The Morgan fingerprint density at radius 2 is 1.89 bits per heavy atom. The lowest BCUT2D eigenvalue weighted by Gasteiger charge is -2.03. The molecule has 3 aromatic rings. The van der Waals surface area contributed by atoms with Gasteiger partial charge in [-0.05, 0) is 35.3 Å². The molecule has 3 rings (SSSR count). The van der Waals surface area contributed by atoms with Gasteiger partial charge in [0.1, 0.15) is 0 Å². The molecule has 0 bridgehead atoms. The van der Waals surface area contributed by atoms with Gasteiger partial charge in [-0.3, -0.25) is 8.75 Å². The van der Waals surface area contributed by atoms with E-state index in [0.29, 0.717) is 17.0 Å². The van der Waals surface area contributed by atoms with E-state index in [1.807, 2.05) is 34.3 Å². The molecule has 2 nitrogen and oxygen atoms in total. The van der Waals surface area contributed by atoms with Crippen LogP contribution in [-0.2, 0) is 6.54 Å². The number of hydrogen-bond donors (Lipinski definition) is 0. The Labute approximate surface area is 113 Å². The smallest absolute Gasteiger partial charge is 0.257 e. The fourth-order valence-corrected chi connectivity index (χ4v) is 3.06. The fourth-order valence-electron chi connectivity index (χ4n) is 1.95. The lowest BCUT2D eigenvalue weighted by atomic mass is 10.2. The summed E-state index contributed by atoms with van der Waals surface area (Å²) >= 11 is 7.15. The minimum atomic E-state index is 0.0587. The van der Waals surface area contributed by atoms with Crippen LogP contribution in [0, 0.1) is 0 Å². The van der Waals surface area contributed by atoms with Gasteiger partial charge < -0.3 is 0 Å². The van der Waals surface area contributed by atoms with Gasteiger partial charge in [-0.1, -0.05) is 41.9 Å². The van der Waals surface area contributed by atoms with Crippen LogP contribution in [0.2, 0.25) is 5.02 Å². The van der Waals surface area contributed by atoms with Crippen LogP contribution in [0.15, 0.2) is 53.3 Å². The number of hydrogen-bond acceptors (Lipinski definition) is 2. The van der Waals surface area contributed by atoms with Crippen molar-refractivity contribution >= 4 is 34.0 Å². The maximum Gasteiger partial charge on any atom is 0.257 e. The molecule has 0 radical (unpaired) electrons. The van der Waals surface area contributed by atoms with Crippen molar-refractivity contribution in [1.29, 1.82) is 0 Å². The van der Waals surface area contributed by atoms with E-state index in [9.17, 15) is 4.79 Å². The molecule has 0 N–H and O–H groups in total. The summed E-state index contributed by atoms with van der Waals surface area (Å²) in [7, 11) is 0. The first-order valence-electron chi connectivity index (χ1n) is 5.57. The summed E-state index contributed by atoms with van der Waals surface area (Å²) in [5, 5.41) is 1.30. The highest BCUT2D eigenvalue weighted by molar-refractivity contribution is 7.05. The van der Waals surface area contributed by atoms with Crippen LogP contribution >= 0.6 is 23.1 Å². The quantitative estimate of drug-likeness (QED) is 0.698. The second kappa shape index (κ2) is 4.59. The molecule has 18 heavy (non-hydrogen) atoms. The highest BCUT2D eigenvalue weighted by atomic mass is 35.5. The highest BCUT2D eigenvalue weighted by Crippen LogP contribution is 2.20. The van der Waals surface area contributed by atoms with Gasteiger partial charge in [-0.2, -0.15) is 0 Å². The van der Waals surface area contributed by atoms with E-state index in [1.54, 1.807) is 6.07 Å². The Bertz CT molecular complexity index is 745. The van der Waals surface area contributed by atoms with Crippen molar-refractivity contribution < 1.29 is 0 Å². The van der Waals surface area contributed by atoms with Crippen molar-refractivity contribution in [2.45, 2.75) is 6.54 Å². The molecule has 0 saturated heterocycles. The van der Waals surface area contributed by atoms with E-state index in [1.165, 1.54) is 17.1 Å². The number of halogens is 1. The van der Waals surface area contributed by atoms with E-state index >= 15 is 0 Å². The molecule has 0 fully saturated rings. The fraction of sp³-hybridized carbons (Fsp3) is 0.0714. The van der Waals surface area contributed by atoms with Gasteiger partial charge in [0.15, 0.2) is 0 Å². The van der Waals surface area contributed by atoms with Crippen molar-refractivity contribution in [2.24, 2.45) is 0 Å². The van der Waals surface area contributed by atoms with Gasteiger partial charge in [0, 0.05) is 5.02 Å². The maximum absolute atomic E-state index is 11.9. The number of benzene rings is 2. The van der Waals surface area contributed by atoms with Gasteiger partial charge in [-0.25, -0.2) is 0 Å². The normalized spacial score (nSPS) is 10.9. The Morgan fingerprint density at radius 1 is 1.11 bits per heavy atom. The maximum atomic E-state index is 11.9. The summed E-state index contributed by atoms with van der Waals surface area (Å²) in [5.41, 5.74) is 2.12. The van der Waals surface area contributed by atoms with Crippen LogP contribution in [0.3, 0.4) is 0 Å². The number of rotatable bonds is 2. The summed E-state index contributed by atoms with van der Waals surface area (Å²) in [4.78, 5) is 11.9. The second-order valence-electron chi connectivity index (χ2n) is 4.06. The molecule has 1 aromatic heterocycles. The van der Waals surface area contributed by atoms with Crippen molar-refractivity contribution in [2.75, 3.05) is 0 Å². The topological polar surface area (TPSA) is 22.0 Å². The molecule has 0 unspecified atom stereocenters. The van der Waals surface area contributed by atoms with Gasteiger partial charge in [0.05, 0.1) is 17.4 Å². The minimum Gasteiger partial charge on any atom is -0.290 e. The third-order valence-electron chi connectivity index (χ3n) is 2.81. The van der Waals surface area contributed by atoms with E-state index in [0.717, 1.165) is 5.52 Å². The Kier molecular flexibility index (Phi) is 2.94. The first-order chi connectivity index (χ1) is 8.74. The second-order valence-corrected chi connectivity index (χ2v) is 5.49. The van der Waals surface area contributed by atoms with Crippen molar-refractivity contribution in [1.82, 2.24) is 3.96 Å². The highest BCUT2D eigenvalue weighted by Gasteiger charge is 2.08. The standard InChI is InChI=1S/C14H10ClNOS/c15-11-6-7-13-12(8-11)14(17)18-16(13)9-10-4-2-1-3-5-10/h1-8H,9H2. The predicted octanol–water partition coefficient (Wildman–Crippen LogP) is 3.76. The van der Waals surface area contributed by atoms with Crippen LogP contribution < -0.4 is 4.74 Å². The van der Waals surface area contributed by atoms with E-state index in [4.69, 9.17) is 11.6 Å². The SMILES string of the molecule is O=c1sn(Cc2ccccc2)c2ccc(Cl)cc12. The molecule has 4 heteroatoms. The Hall–Kier alpha value is -1.58. The number of fused-ring (bicyclic) bond motifs is 1. The largest absolute Gasteiger partial charge is 0.290 e. The van der Waals surface area contributed by atoms with Gasteiger partial charge >= 0.3 is 0 Å². The summed E-state index contributed by atoms with van der Waals surface area (Å²) in [5.74, 6) is 0. The van der Waals surface area contributed by atoms with Crippen molar-refractivity contribution in [3.63, 3.8) is 0 Å². The summed E-state index contributed by atoms with van der Waals surface area (Å²) in [6.07, 6.45) is 0. The average Bonchev–Trinajstić information content (AvgIpc) is 2.67. The molecule has 2 aromatic carbocycles. The van der Waals surface area contributed by atoms with Gasteiger partial charge in [0.2, 0.25) is 0 Å². The molecule has 90 valence electrons. The molecule has 0 saturated carbocycles. The lowest BCUT2D eigenvalue weighted by molar-refractivity contribution is 0.915. The summed E-state index contributed by atoms with van der Waals surface area (Å²) in [6.45, 7) is 0.714. The first-order valence-corrected chi connectivity index (χ1v) is 6.72. The lowest BCUT2D eigenvalue weighted by Crippen LogP contribution is -1.95. The third-order valence-corrected chi connectivity index (χ3v) is 3.98. The number of aromatic nitrogens is 1. The molecule has 1 heterocycles. The van der Waals surface area contributed by atoms with Crippen LogP contribution in [0.25, 0.3) is 10.9 Å². The third kappa shape index (κ3) is 2.07. The molecular weight excluding hydrogens is 266 g/mol. The molecule has 0 aliphatic heterocycles. The van der Waals surface area contributed by atoms with Crippen LogP contribution in [0.1, 0.15) is 5.56 Å². The molecule has 0 amide bonds. The monoisotopic (exact) mass is 275 g/mol. The predicted molar refractivity (Wildman–Crippen MR) is 76.6 cm³/mol. The van der Waals surface area contributed by atoms with Crippen molar-refractivity contribution in [3.8, 4) is 0 Å². The molecular formula is C14H10ClNOS. The molecule has 0 aliphatic rings. The van der Waals surface area contributed by atoms with Gasteiger partial charge in [-0.15, -0.1) is 0 Å². The van der Waals surface area contributed by atoms with Crippen molar-refractivity contribution in [3.05, 3.63) is 68.7 Å². The van der Waals surface area contributed by atoms with Gasteiger partial charge in [0.25, 0.3) is 4.74 Å². The zero-order chi connectivity index (χ0) is 12.5. The molecule has 0 spiro atoms. The molecule has 0 atom stereocenters. The van der Waals surface area contributed by atoms with Crippen LogP contribution in [-0.4, -0.2) is 3.96 Å². The van der Waals surface area contributed by atoms with E-state index < -0.39 is 0 Å². The first kappa shape index (κ1) is 11.5. The Morgan fingerprint density at radius 3 is 2.67 bits per heavy atom. The van der Waals surface area contributed by atoms with E-state index in [-0.39, 0.29) is 4.74 Å². The summed E-state index contributed by atoms with van der Waals surface area (Å²) < 4.78 is 2.06. The number of nitrogens with zero attached hydrogens (tertiary/aromatic N) is 1.